The Morgan fingerprint density at radius 1 is 0.788 bits per heavy atom. The Bertz CT molecular complexity index is 1070. The molecule has 3 aromatic rings. The van der Waals surface area contributed by atoms with Crippen molar-refractivity contribution in [3.63, 3.8) is 0 Å². The number of carbonyl (C=O) groups is 2. The standard InChI is InChI=1S/C28H31N3O2/c1-20-17-21(2)19-25(18-20)30-28(33)26(22-9-5-3-6-10-22)31-15-13-23(14-16-31)27(32)29-24-11-7-4-8-12-24/h3-12,17-19,23,26H,13-16H2,1-2H3,(H,29,32)(H,30,33)/t26-/m1/s1. The van der Waals surface area contributed by atoms with Crippen LogP contribution >= 0.6 is 0 Å². The average Bonchev–Trinajstić information content (AvgIpc) is 2.80. The van der Waals surface area contributed by atoms with E-state index in [-0.39, 0.29) is 17.7 Å². The second-order valence-corrected chi connectivity index (χ2v) is 8.84. The molecule has 5 nitrogen and oxygen atoms in total. The molecule has 3 aromatic carbocycles. The van der Waals surface area contributed by atoms with Crippen molar-refractivity contribution in [1.82, 2.24) is 4.90 Å². The van der Waals surface area contributed by atoms with E-state index < -0.39 is 6.04 Å². The first-order chi connectivity index (χ1) is 16.0. The molecule has 33 heavy (non-hydrogen) atoms. The van der Waals surface area contributed by atoms with Crippen molar-refractivity contribution in [1.29, 1.82) is 0 Å². The maximum atomic E-state index is 13.5. The van der Waals surface area contributed by atoms with Crippen LogP contribution in [0.15, 0.2) is 78.9 Å². The number of carbonyl (C=O) groups excluding carboxylic acids is 2. The molecule has 170 valence electrons. The number of amides is 2. The highest BCUT2D eigenvalue weighted by Gasteiger charge is 2.33. The molecule has 2 N–H and O–H groups in total. The van der Waals surface area contributed by atoms with Gasteiger partial charge in [0.2, 0.25) is 11.8 Å². The van der Waals surface area contributed by atoms with E-state index in [1.165, 1.54) is 0 Å². The number of nitrogens with zero attached hydrogens (tertiary/aromatic N) is 1. The number of para-hydroxylation sites is 1. The number of rotatable bonds is 6. The molecule has 0 aliphatic carbocycles. The summed E-state index contributed by atoms with van der Waals surface area (Å²) in [5, 5.41) is 6.14. The van der Waals surface area contributed by atoms with Gasteiger partial charge in [0, 0.05) is 17.3 Å². The number of aryl methyl sites for hydroxylation is 2. The Hall–Kier alpha value is -3.44. The summed E-state index contributed by atoms with van der Waals surface area (Å²) in [5.74, 6) is -0.0458. The molecule has 5 heteroatoms. The van der Waals surface area contributed by atoms with Crippen molar-refractivity contribution in [2.24, 2.45) is 5.92 Å². The van der Waals surface area contributed by atoms with Gasteiger partial charge in [-0.15, -0.1) is 0 Å². The Balaban J connectivity index is 1.46. The summed E-state index contributed by atoms with van der Waals surface area (Å²) < 4.78 is 0. The van der Waals surface area contributed by atoms with Gasteiger partial charge in [-0.3, -0.25) is 14.5 Å². The first-order valence-corrected chi connectivity index (χ1v) is 11.5. The van der Waals surface area contributed by atoms with E-state index in [0.29, 0.717) is 13.1 Å². The molecule has 1 fully saturated rings. The lowest BCUT2D eigenvalue weighted by Crippen LogP contribution is -2.44. The van der Waals surface area contributed by atoms with E-state index in [1.54, 1.807) is 0 Å². The third kappa shape index (κ3) is 5.88. The van der Waals surface area contributed by atoms with Crippen molar-refractivity contribution >= 4 is 23.2 Å². The molecule has 1 saturated heterocycles. The van der Waals surface area contributed by atoms with Gasteiger partial charge in [-0.05, 0) is 80.7 Å². The van der Waals surface area contributed by atoms with E-state index in [0.717, 1.165) is 40.9 Å². The lowest BCUT2D eigenvalue weighted by atomic mass is 9.93. The normalized spacial score (nSPS) is 15.6. The summed E-state index contributed by atoms with van der Waals surface area (Å²) in [4.78, 5) is 28.4. The molecule has 1 aliphatic rings. The minimum Gasteiger partial charge on any atom is -0.326 e. The maximum absolute atomic E-state index is 13.5. The summed E-state index contributed by atoms with van der Waals surface area (Å²) in [7, 11) is 0. The third-order valence-corrected chi connectivity index (χ3v) is 6.16. The van der Waals surface area contributed by atoms with Gasteiger partial charge in [-0.2, -0.15) is 0 Å². The average molecular weight is 442 g/mol. The molecule has 2 amide bonds. The highest BCUT2D eigenvalue weighted by atomic mass is 16.2. The maximum Gasteiger partial charge on any atom is 0.246 e. The molecule has 0 radical (unpaired) electrons. The van der Waals surface area contributed by atoms with E-state index in [9.17, 15) is 9.59 Å². The largest absolute Gasteiger partial charge is 0.326 e. The van der Waals surface area contributed by atoms with Crippen LogP contribution in [-0.4, -0.2) is 29.8 Å². The van der Waals surface area contributed by atoms with Crippen LogP contribution in [-0.2, 0) is 9.59 Å². The number of nitrogens with one attached hydrogen (secondary N) is 2. The Morgan fingerprint density at radius 3 is 1.97 bits per heavy atom. The number of piperidine rings is 1. The second kappa shape index (κ2) is 10.5. The van der Waals surface area contributed by atoms with Gasteiger partial charge in [0.05, 0.1) is 0 Å². The van der Waals surface area contributed by atoms with Gasteiger partial charge >= 0.3 is 0 Å². The molecule has 0 unspecified atom stereocenters. The fraction of sp³-hybridized carbons (Fsp3) is 0.286. The molecule has 0 saturated carbocycles. The predicted molar refractivity (Wildman–Crippen MR) is 133 cm³/mol. The van der Waals surface area contributed by atoms with E-state index in [2.05, 4.69) is 21.6 Å². The van der Waals surface area contributed by atoms with Gasteiger partial charge in [-0.25, -0.2) is 0 Å². The molecular formula is C28H31N3O2. The van der Waals surface area contributed by atoms with E-state index in [4.69, 9.17) is 0 Å². The number of benzene rings is 3. The zero-order chi connectivity index (χ0) is 23.2. The smallest absolute Gasteiger partial charge is 0.246 e. The minimum absolute atomic E-state index is 0.0432. The quantitative estimate of drug-likeness (QED) is 0.543. The summed E-state index contributed by atoms with van der Waals surface area (Å²) in [6, 6.07) is 25.1. The highest BCUT2D eigenvalue weighted by molar-refractivity contribution is 5.96. The van der Waals surface area contributed by atoms with Gasteiger partial charge in [-0.1, -0.05) is 54.6 Å². The second-order valence-electron chi connectivity index (χ2n) is 8.84. The molecule has 0 bridgehead atoms. The van der Waals surface area contributed by atoms with Gasteiger partial charge in [0.25, 0.3) is 0 Å². The van der Waals surface area contributed by atoms with Gasteiger partial charge < -0.3 is 10.6 Å². The number of anilines is 2. The highest BCUT2D eigenvalue weighted by Crippen LogP contribution is 2.29. The van der Waals surface area contributed by atoms with Crippen molar-refractivity contribution in [3.05, 3.63) is 95.6 Å². The van der Waals surface area contributed by atoms with Crippen LogP contribution < -0.4 is 10.6 Å². The first-order valence-electron chi connectivity index (χ1n) is 11.5. The fourth-order valence-electron chi connectivity index (χ4n) is 4.61. The van der Waals surface area contributed by atoms with Crippen LogP contribution in [0.3, 0.4) is 0 Å². The molecule has 1 heterocycles. The lowest BCUT2D eigenvalue weighted by Gasteiger charge is -2.36. The lowest BCUT2D eigenvalue weighted by molar-refractivity contribution is -0.123. The molecule has 1 atom stereocenters. The first kappa shape index (κ1) is 22.7. The van der Waals surface area contributed by atoms with E-state index >= 15 is 0 Å². The van der Waals surface area contributed by atoms with Gasteiger partial charge in [0.1, 0.15) is 6.04 Å². The molecule has 1 aliphatic heterocycles. The number of likely N-dealkylation sites (tertiary alicyclic amines) is 1. The molecule has 0 aromatic heterocycles. The summed E-state index contributed by atoms with van der Waals surface area (Å²) in [5.41, 5.74) is 4.83. The fourth-order valence-corrected chi connectivity index (χ4v) is 4.61. The van der Waals surface area contributed by atoms with Crippen LogP contribution in [0.2, 0.25) is 0 Å². The Kier molecular flexibility index (Phi) is 7.20. The Labute approximate surface area is 195 Å². The van der Waals surface area contributed by atoms with E-state index in [1.807, 2.05) is 86.6 Å². The van der Waals surface area contributed by atoms with Crippen LogP contribution in [0.25, 0.3) is 0 Å². The minimum atomic E-state index is -0.398. The predicted octanol–water partition coefficient (Wildman–Crippen LogP) is 5.33. The van der Waals surface area contributed by atoms with Crippen molar-refractivity contribution in [3.8, 4) is 0 Å². The van der Waals surface area contributed by atoms with Crippen LogP contribution in [0.4, 0.5) is 11.4 Å². The topological polar surface area (TPSA) is 61.4 Å². The van der Waals surface area contributed by atoms with Crippen LogP contribution in [0, 0.1) is 19.8 Å². The Morgan fingerprint density at radius 2 is 1.36 bits per heavy atom. The SMILES string of the molecule is Cc1cc(C)cc(NC(=O)[C@@H](c2ccccc2)N2CCC(C(=O)Nc3ccccc3)CC2)c1. The van der Waals surface area contributed by atoms with Crippen molar-refractivity contribution < 1.29 is 9.59 Å². The summed E-state index contributed by atoms with van der Waals surface area (Å²) in [6.07, 6.45) is 1.44. The van der Waals surface area contributed by atoms with Crippen molar-refractivity contribution in [2.75, 3.05) is 23.7 Å². The number of hydrogen-bond acceptors (Lipinski definition) is 3. The summed E-state index contributed by atoms with van der Waals surface area (Å²) in [6.45, 7) is 5.44. The monoisotopic (exact) mass is 441 g/mol. The summed E-state index contributed by atoms with van der Waals surface area (Å²) >= 11 is 0. The van der Waals surface area contributed by atoms with Gasteiger partial charge in [0.15, 0.2) is 0 Å². The van der Waals surface area contributed by atoms with Crippen molar-refractivity contribution in [2.45, 2.75) is 32.7 Å². The van der Waals surface area contributed by atoms with Crippen LogP contribution in [0.1, 0.15) is 35.6 Å². The zero-order valence-corrected chi connectivity index (χ0v) is 19.3. The van der Waals surface area contributed by atoms with Crippen LogP contribution in [0.5, 0.6) is 0 Å². The number of hydrogen-bond donors (Lipinski definition) is 2. The zero-order valence-electron chi connectivity index (χ0n) is 19.3. The molecule has 4 rings (SSSR count). The molecule has 0 spiro atoms. The third-order valence-electron chi connectivity index (χ3n) is 6.16. The molecular weight excluding hydrogens is 410 g/mol.